The summed E-state index contributed by atoms with van der Waals surface area (Å²) in [5.74, 6) is 2.38. The summed E-state index contributed by atoms with van der Waals surface area (Å²) in [6.07, 6.45) is 8.06. The van der Waals surface area contributed by atoms with E-state index in [4.69, 9.17) is 8.94 Å². The van der Waals surface area contributed by atoms with Crippen LogP contribution in [0.1, 0.15) is 37.1 Å². The van der Waals surface area contributed by atoms with Crippen molar-refractivity contribution in [3.05, 3.63) is 42.2 Å². The molecule has 24 heavy (non-hydrogen) atoms. The van der Waals surface area contributed by atoms with Crippen LogP contribution >= 0.6 is 0 Å². The van der Waals surface area contributed by atoms with Gasteiger partial charge in [-0.25, -0.2) is 0 Å². The van der Waals surface area contributed by atoms with E-state index < -0.39 is 0 Å². The predicted octanol–water partition coefficient (Wildman–Crippen LogP) is 2.93. The molecule has 0 aliphatic carbocycles. The SMILES string of the molecule is CCn1cc(C2CCN(Cc3nc(-c4ccco4)no3)CC2)cn1. The van der Waals surface area contributed by atoms with Crippen LogP contribution in [0.15, 0.2) is 39.7 Å². The zero-order valence-corrected chi connectivity index (χ0v) is 13.8. The fourth-order valence-electron chi connectivity index (χ4n) is 3.20. The van der Waals surface area contributed by atoms with Crippen LogP contribution in [-0.4, -0.2) is 37.9 Å². The minimum absolute atomic E-state index is 0.511. The van der Waals surface area contributed by atoms with Gasteiger partial charge in [0.15, 0.2) is 5.76 Å². The number of likely N-dealkylation sites (tertiary alicyclic amines) is 1. The van der Waals surface area contributed by atoms with Crippen molar-refractivity contribution in [3.63, 3.8) is 0 Å². The molecule has 7 heteroatoms. The third-order valence-corrected chi connectivity index (χ3v) is 4.60. The topological polar surface area (TPSA) is 73.1 Å². The highest BCUT2D eigenvalue weighted by Gasteiger charge is 2.23. The van der Waals surface area contributed by atoms with Gasteiger partial charge in [0.05, 0.1) is 19.0 Å². The Morgan fingerprint density at radius 1 is 1.29 bits per heavy atom. The summed E-state index contributed by atoms with van der Waals surface area (Å²) in [6.45, 7) is 5.78. The number of piperidine rings is 1. The lowest BCUT2D eigenvalue weighted by Gasteiger charge is -2.30. The van der Waals surface area contributed by atoms with Crippen LogP contribution < -0.4 is 0 Å². The molecule has 1 aliphatic rings. The Morgan fingerprint density at radius 2 is 2.17 bits per heavy atom. The summed E-state index contributed by atoms with van der Waals surface area (Å²) in [6, 6.07) is 3.65. The fourth-order valence-corrected chi connectivity index (χ4v) is 3.20. The zero-order chi connectivity index (χ0) is 16.4. The number of rotatable bonds is 5. The first-order valence-corrected chi connectivity index (χ1v) is 8.43. The van der Waals surface area contributed by atoms with Gasteiger partial charge < -0.3 is 8.94 Å². The van der Waals surface area contributed by atoms with Gasteiger partial charge in [-0.05, 0) is 56.5 Å². The molecule has 4 heterocycles. The van der Waals surface area contributed by atoms with E-state index in [1.807, 2.05) is 23.0 Å². The molecule has 3 aromatic rings. The molecule has 1 saturated heterocycles. The van der Waals surface area contributed by atoms with Gasteiger partial charge in [-0.3, -0.25) is 9.58 Å². The molecule has 0 N–H and O–H groups in total. The minimum atomic E-state index is 0.511. The Balaban J connectivity index is 1.33. The lowest BCUT2D eigenvalue weighted by Crippen LogP contribution is -2.32. The van der Waals surface area contributed by atoms with Crippen LogP contribution in [-0.2, 0) is 13.1 Å². The van der Waals surface area contributed by atoms with Crippen LogP contribution in [0.5, 0.6) is 0 Å². The number of hydrogen-bond donors (Lipinski definition) is 0. The van der Waals surface area contributed by atoms with E-state index in [9.17, 15) is 0 Å². The van der Waals surface area contributed by atoms with Crippen LogP contribution in [0, 0.1) is 0 Å². The van der Waals surface area contributed by atoms with Crippen LogP contribution in [0.25, 0.3) is 11.6 Å². The normalized spacial score (nSPS) is 16.7. The molecule has 0 amide bonds. The highest BCUT2D eigenvalue weighted by Crippen LogP contribution is 2.28. The Morgan fingerprint density at radius 3 is 2.88 bits per heavy atom. The second-order valence-electron chi connectivity index (χ2n) is 6.17. The lowest BCUT2D eigenvalue weighted by molar-refractivity contribution is 0.181. The maximum Gasteiger partial charge on any atom is 0.241 e. The van der Waals surface area contributed by atoms with Gasteiger partial charge in [-0.1, -0.05) is 5.16 Å². The van der Waals surface area contributed by atoms with E-state index in [0.717, 1.165) is 32.5 Å². The van der Waals surface area contributed by atoms with Gasteiger partial charge in [0, 0.05) is 12.7 Å². The van der Waals surface area contributed by atoms with Gasteiger partial charge in [0.25, 0.3) is 0 Å². The van der Waals surface area contributed by atoms with Crippen molar-refractivity contribution in [1.29, 1.82) is 0 Å². The Hall–Kier alpha value is -2.41. The van der Waals surface area contributed by atoms with E-state index in [1.54, 1.807) is 6.26 Å². The molecule has 0 atom stereocenters. The smallest absolute Gasteiger partial charge is 0.241 e. The molecule has 0 radical (unpaired) electrons. The third-order valence-electron chi connectivity index (χ3n) is 4.60. The van der Waals surface area contributed by atoms with E-state index in [-0.39, 0.29) is 0 Å². The molecule has 0 saturated carbocycles. The zero-order valence-electron chi connectivity index (χ0n) is 13.8. The quantitative estimate of drug-likeness (QED) is 0.717. The van der Waals surface area contributed by atoms with Crippen molar-refractivity contribution in [2.24, 2.45) is 0 Å². The van der Waals surface area contributed by atoms with Gasteiger partial charge in [-0.2, -0.15) is 10.1 Å². The van der Waals surface area contributed by atoms with Crippen molar-refractivity contribution in [3.8, 4) is 11.6 Å². The number of furan rings is 1. The molecule has 1 fully saturated rings. The molecule has 0 unspecified atom stereocenters. The monoisotopic (exact) mass is 327 g/mol. The van der Waals surface area contributed by atoms with Crippen molar-refractivity contribution in [2.75, 3.05) is 13.1 Å². The molecule has 0 aromatic carbocycles. The molecular weight excluding hydrogens is 306 g/mol. The summed E-state index contributed by atoms with van der Waals surface area (Å²) in [5, 5.41) is 8.37. The molecule has 0 bridgehead atoms. The highest BCUT2D eigenvalue weighted by atomic mass is 16.5. The van der Waals surface area contributed by atoms with Gasteiger partial charge >= 0.3 is 0 Å². The van der Waals surface area contributed by atoms with E-state index in [1.165, 1.54) is 5.56 Å². The van der Waals surface area contributed by atoms with Crippen LogP contribution in [0.4, 0.5) is 0 Å². The maximum atomic E-state index is 5.34. The molecule has 0 spiro atoms. The minimum Gasteiger partial charge on any atom is -0.461 e. The maximum absolute atomic E-state index is 5.34. The van der Waals surface area contributed by atoms with E-state index >= 15 is 0 Å². The van der Waals surface area contributed by atoms with Gasteiger partial charge in [0.1, 0.15) is 0 Å². The number of hydrogen-bond acceptors (Lipinski definition) is 6. The Bertz CT molecular complexity index is 769. The molecule has 4 rings (SSSR count). The highest BCUT2D eigenvalue weighted by molar-refractivity contribution is 5.44. The van der Waals surface area contributed by atoms with Crippen LogP contribution in [0.3, 0.4) is 0 Å². The number of nitrogens with zero attached hydrogens (tertiary/aromatic N) is 5. The standard InChI is InChI=1S/C17H21N5O2/c1-2-22-11-14(10-18-22)13-5-7-21(8-6-13)12-16-19-17(20-24-16)15-4-3-9-23-15/h3-4,9-11,13H,2,5-8,12H2,1H3. The van der Waals surface area contributed by atoms with Crippen molar-refractivity contribution in [2.45, 2.75) is 38.8 Å². The number of aryl methyl sites for hydroxylation is 1. The first-order chi connectivity index (χ1) is 11.8. The molecule has 126 valence electrons. The van der Waals surface area contributed by atoms with E-state index in [2.05, 4.69) is 33.3 Å². The summed E-state index contributed by atoms with van der Waals surface area (Å²) < 4.78 is 12.6. The molecule has 7 nitrogen and oxygen atoms in total. The van der Waals surface area contributed by atoms with Crippen molar-refractivity contribution < 1.29 is 8.94 Å². The summed E-state index contributed by atoms with van der Waals surface area (Å²) >= 11 is 0. The second-order valence-corrected chi connectivity index (χ2v) is 6.17. The molecule has 1 aliphatic heterocycles. The van der Waals surface area contributed by atoms with Gasteiger partial charge in [-0.15, -0.1) is 0 Å². The van der Waals surface area contributed by atoms with Gasteiger partial charge in [0.2, 0.25) is 11.7 Å². The average Bonchev–Trinajstić information content (AvgIpc) is 3.36. The summed E-state index contributed by atoms with van der Waals surface area (Å²) in [7, 11) is 0. The summed E-state index contributed by atoms with van der Waals surface area (Å²) in [5.41, 5.74) is 1.36. The molecule has 3 aromatic heterocycles. The fraction of sp³-hybridized carbons (Fsp3) is 0.471. The number of aromatic nitrogens is 4. The predicted molar refractivity (Wildman–Crippen MR) is 87.2 cm³/mol. The third kappa shape index (κ3) is 3.12. The first-order valence-electron chi connectivity index (χ1n) is 8.43. The van der Waals surface area contributed by atoms with Crippen molar-refractivity contribution >= 4 is 0 Å². The Kier molecular flexibility index (Phi) is 4.17. The Labute approximate surface area is 140 Å². The van der Waals surface area contributed by atoms with Crippen molar-refractivity contribution in [1.82, 2.24) is 24.8 Å². The molecular formula is C17H21N5O2. The second kappa shape index (κ2) is 6.60. The lowest BCUT2D eigenvalue weighted by atomic mass is 9.91. The first kappa shape index (κ1) is 15.1. The largest absolute Gasteiger partial charge is 0.461 e. The summed E-state index contributed by atoms with van der Waals surface area (Å²) in [4.78, 5) is 6.77. The van der Waals surface area contributed by atoms with E-state index in [0.29, 0.717) is 29.9 Å². The van der Waals surface area contributed by atoms with Crippen LogP contribution in [0.2, 0.25) is 0 Å². The average molecular weight is 327 g/mol.